The maximum absolute atomic E-state index is 6.36. The Balaban J connectivity index is 2.82. The van der Waals surface area contributed by atoms with Crippen LogP contribution in [-0.2, 0) is 5.88 Å². The van der Waals surface area contributed by atoms with Gasteiger partial charge in [-0.15, -0.1) is 11.6 Å². The van der Waals surface area contributed by atoms with E-state index in [4.69, 9.17) is 23.2 Å². The molecule has 18 heavy (non-hydrogen) atoms. The molecule has 1 aromatic rings. The fourth-order valence-corrected chi connectivity index (χ4v) is 2.43. The molecule has 0 fully saturated rings. The van der Waals surface area contributed by atoms with Crippen molar-refractivity contribution in [1.82, 2.24) is 0 Å². The van der Waals surface area contributed by atoms with Crippen molar-refractivity contribution in [3.63, 3.8) is 0 Å². The summed E-state index contributed by atoms with van der Waals surface area (Å²) < 4.78 is 0. The molecule has 0 aliphatic rings. The molecule has 0 saturated carbocycles. The van der Waals surface area contributed by atoms with Gasteiger partial charge in [-0.1, -0.05) is 44.4 Å². The van der Waals surface area contributed by atoms with E-state index >= 15 is 0 Å². The third kappa shape index (κ3) is 4.70. The first kappa shape index (κ1) is 15.7. The van der Waals surface area contributed by atoms with Crippen LogP contribution in [0, 0.1) is 0 Å². The molecule has 0 heterocycles. The van der Waals surface area contributed by atoms with Crippen molar-refractivity contribution < 1.29 is 0 Å². The Morgan fingerprint density at radius 3 is 2.11 bits per heavy atom. The maximum atomic E-state index is 6.36. The van der Waals surface area contributed by atoms with Crippen LogP contribution in [0.25, 0.3) is 0 Å². The van der Waals surface area contributed by atoms with Crippen LogP contribution in [0.15, 0.2) is 18.2 Å². The van der Waals surface area contributed by atoms with Crippen molar-refractivity contribution >= 4 is 28.9 Å². The zero-order chi connectivity index (χ0) is 13.4. The number of benzene rings is 1. The Morgan fingerprint density at radius 1 is 1.06 bits per heavy atom. The van der Waals surface area contributed by atoms with Gasteiger partial charge in [0, 0.05) is 19.0 Å². The van der Waals surface area contributed by atoms with Crippen LogP contribution in [0.1, 0.15) is 45.1 Å². The molecule has 0 radical (unpaired) electrons. The highest BCUT2D eigenvalue weighted by Gasteiger charge is 2.10. The summed E-state index contributed by atoms with van der Waals surface area (Å²) in [6.45, 7) is 6.60. The Kier molecular flexibility index (Phi) is 7.53. The molecule has 0 amide bonds. The molecule has 0 bridgehead atoms. The first-order chi connectivity index (χ1) is 8.72. The van der Waals surface area contributed by atoms with Crippen molar-refractivity contribution in [3.8, 4) is 0 Å². The van der Waals surface area contributed by atoms with Gasteiger partial charge in [-0.2, -0.15) is 0 Å². The lowest BCUT2D eigenvalue weighted by atomic mass is 10.2. The quantitative estimate of drug-likeness (QED) is 0.572. The van der Waals surface area contributed by atoms with Gasteiger partial charge in [-0.3, -0.25) is 0 Å². The minimum absolute atomic E-state index is 0.518. The van der Waals surface area contributed by atoms with E-state index in [1.54, 1.807) is 0 Å². The van der Waals surface area contributed by atoms with Gasteiger partial charge in [0.05, 0.1) is 10.7 Å². The van der Waals surface area contributed by atoms with Crippen LogP contribution in [0.5, 0.6) is 0 Å². The average molecular weight is 288 g/mol. The number of unbranched alkanes of at least 4 members (excludes halogenated alkanes) is 2. The lowest BCUT2D eigenvalue weighted by molar-refractivity contribution is 0.678. The molecular weight excluding hydrogens is 265 g/mol. The molecule has 1 rings (SSSR count). The summed E-state index contributed by atoms with van der Waals surface area (Å²) in [7, 11) is 0. The van der Waals surface area contributed by atoms with E-state index in [9.17, 15) is 0 Å². The van der Waals surface area contributed by atoms with Gasteiger partial charge < -0.3 is 4.90 Å². The predicted octanol–water partition coefficient (Wildman–Crippen LogP) is 5.49. The van der Waals surface area contributed by atoms with Gasteiger partial charge in [-0.05, 0) is 30.5 Å². The summed E-state index contributed by atoms with van der Waals surface area (Å²) in [4.78, 5) is 2.40. The molecule has 0 spiro atoms. The summed E-state index contributed by atoms with van der Waals surface area (Å²) in [5, 5.41) is 0.820. The van der Waals surface area contributed by atoms with Crippen LogP contribution < -0.4 is 4.90 Å². The van der Waals surface area contributed by atoms with E-state index in [0.29, 0.717) is 5.88 Å². The number of rotatable bonds is 8. The Hall–Kier alpha value is -0.400. The second kappa shape index (κ2) is 8.66. The molecule has 0 atom stereocenters. The SMILES string of the molecule is CCCCN(CCCC)c1ccc(CCl)cc1Cl. The zero-order valence-electron chi connectivity index (χ0n) is 11.4. The van der Waals surface area contributed by atoms with Crippen LogP contribution >= 0.6 is 23.2 Å². The van der Waals surface area contributed by atoms with Gasteiger partial charge >= 0.3 is 0 Å². The van der Waals surface area contributed by atoms with Crippen molar-refractivity contribution in [3.05, 3.63) is 28.8 Å². The van der Waals surface area contributed by atoms with Gasteiger partial charge in [0.15, 0.2) is 0 Å². The van der Waals surface area contributed by atoms with E-state index in [1.165, 1.54) is 25.7 Å². The number of nitrogens with zero attached hydrogens (tertiary/aromatic N) is 1. The summed E-state index contributed by atoms with van der Waals surface area (Å²) in [5.41, 5.74) is 2.23. The van der Waals surface area contributed by atoms with Crippen molar-refractivity contribution in [2.24, 2.45) is 0 Å². The van der Waals surface area contributed by atoms with Gasteiger partial charge in [0.2, 0.25) is 0 Å². The molecule has 1 nitrogen and oxygen atoms in total. The Bertz CT molecular complexity index is 344. The average Bonchev–Trinajstić information content (AvgIpc) is 2.39. The number of hydrogen-bond donors (Lipinski definition) is 0. The molecule has 0 saturated heterocycles. The monoisotopic (exact) mass is 287 g/mol. The van der Waals surface area contributed by atoms with E-state index in [2.05, 4.69) is 30.9 Å². The number of anilines is 1. The minimum Gasteiger partial charge on any atom is -0.370 e. The van der Waals surface area contributed by atoms with Crippen molar-refractivity contribution in [1.29, 1.82) is 0 Å². The normalized spacial score (nSPS) is 10.7. The number of halogens is 2. The highest BCUT2D eigenvalue weighted by Crippen LogP contribution is 2.28. The fourth-order valence-electron chi connectivity index (χ4n) is 1.94. The maximum Gasteiger partial charge on any atom is 0.0642 e. The summed E-state index contributed by atoms with van der Waals surface area (Å²) >= 11 is 12.2. The zero-order valence-corrected chi connectivity index (χ0v) is 12.9. The smallest absolute Gasteiger partial charge is 0.0642 e. The van der Waals surface area contributed by atoms with E-state index in [0.717, 1.165) is 29.4 Å². The highest BCUT2D eigenvalue weighted by atomic mass is 35.5. The Labute approximate surface area is 121 Å². The largest absolute Gasteiger partial charge is 0.370 e. The van der Waals surface area contributed by atoms with Crippen LogP contribution in [-0.4, -0.2) is 13.1 Å². The van der Waals surface area contributed by atoms with Crippen LogP contribution in [0.4, 0.5) is 5.69 Å². The van der Waals surface area contributed by atoms with E-state index in [1.807, 2.05) is 6.07 Å². The summed E-state index contributed by atoms with van der Waals surface area (Å²) in [6.07, 6.45) is 4.83. The molecule has 102 valence electrons. The van der Waals surface area contributed by atoms with Gasteiger partial charge in [0.1, 0.15) is 0 Å². The van der Waals surface area contributed by atoms with Gasteiger partial charge in [-0.25, -0.2) is 0 Å². The second-order valence-electron chi connectivity index (χ2n) is 4.61. The fraction of sp³-hybridized carbons (Fsp3) is 0.600. The first-order valence-electron chi connectivity index (χ1n) is 6.82. The van der Waals surface area contributed by atoms with E-state index < -0.39 is 0 Å². The number of alkyl halides is 1. The summed E-state index contributed by atoms with van der Waals surface area (Å²) in [6, 6.07) is 6.15. The van der Waals surface area contributed by atoms with Gasteiger partial charge in [0.25, 0.3) is 0 Å². The standard InChI is InChI=1S/C15H23Cl2N/c1-3-5-9-18(10-6-4-2)15-8-7-13(12-16)11-14(15)17/h7-8,11H,3-6,9-10,12H2,1-2H3. The number of hydrogen-bond acceptors (Lipinski definition) is 1. The summed E-state index contributed by atoms with van der Waals surface area (Å²) in [5.74, 6) is 0.518. The third-order valence-electron chi connectivity index (χ3n) is 3.07. The molecule has 0 unspecified atom stereocenters. The second-order valence-corrected chi connectivity index (χ2v) is 5.29. The van der Waals surface area contributed by atoms with Crippen molar-refractivity contribution in [2.45, 2.75) is 45.4 Å². The predicted molar refractivity (Wildman–Crippen MR) is 83.0 cm³/mol. The van der Waals surface area contributed by atoms with Crippen molar-refractivity contribution in [2.75, 3.05) is 18.0 Å². The Morgan fingerprint density at radius 2 is 1.67 bits per heavy atom. The lowest BCUT2D eigenvalue weighted by Crippen LogP contribution is -2.25. The third-order valence-corrected chi connectivity index (χ3v) is 3.68. The van der Waals surface area contributed by atoms with Crippen LogP contribution in [0.2, 0.25) is 5.02 Å². The molecule has 0 N–H and O–H groups in total. The first-order valence-corrected chi connectivity index (χ1v) is 7.73. The molecule has 0 aliphatic carbocycles. The minimum atomic E-state index is 0.518. The van der Waals surface area contributed by atoms with E-state index in [-0.39, 0.29) is 0 Å². The molecule has 0 aliphatic heterocycles. The molecule has 0 aromatic heterocycles. The lowest BCUT2D eigenvalue weighted by Gasteiger charge is -2.26. The topological polar surface area (TPSA) is 3.24 Å². The molecular formula is C15H23Cl2N. The van der Waals surface area contributed by atoms with Crippen LogP contribution in [0.3, 0.4) is 0 Å². The highest BCUT2D eigenvalue weighted by molar-refractivity contribution is 6.33. The molecule has 3 heteroatoms. The molecule has 1 aromatic carbocycles.